The number of nitrogen functional groups attached to an aromatic ring is 1. The first-order chi connectivity index (χ1) is 10.1. The Morgan fingerprint density at radius 1 is 1.43 bits per heavy atom. The number of nitrogens with one attached hydrogen (secondary N) is 1. The van der Waals surface area contributed by atoms with E-state index in [1.807, 2.05) is 0 Å². The third kappa shape index (κ3) is 4.49. The van der Waals surface area contributed by atoms with Gasteiger partial charge in [-0.05, 0) is 25.1 Å². The van der Waals surface area contributed by atoms with Gasteiger partial charge in [-0.15, -0.1) is 0 Å². The molecule has 21 heavy (non-hydrogen) atoms. The van der Waals surface area contributed by atoms with E-state index >= 15 is 0 Å². The number of halogens is 1. The quantitative estimate of drug-likeness (QED) is 0.548. The number of hydrogen-bond donors (Lipinski definition) is 3. The summed E-state index contributed by atoms with van der Waals surface area (Å²) in [5.41, 5.74) is 6.50. The summed E-state index contributed by atoms with van der Waals surface area (Å²) in [5, 5.41) is 12.6. The number of benzene rings is 1. The third-order valence-electron chi connectivity index (χ3n) is 3.40. The molecule has 0 radical (unpaired) electrons. The molecule has 0 spiro atoms. The molecule has 1 aromatic rings. The van der Waals surface area contributed by atoms with Gasteiger partial charge in [-0.25, -0.2) is 4.79 Å². The van der Waals surface area contributed by atoms with E-state index in [0.29, 0.717) is 22.9 Å². The molecular formula is C14H20ClN3O3. The van der Waals surface area contributed by atoms with Crippen molar-refractivity contribution in [3.63, 3.8) is 0 Å². The van der Waals surface area contributed by atoms with Gasteiger partial charge < -0.3 is 20.9 Å². The Balaban J connectivity index is 1.89. The van der Waals surface area contributed by atoms with Crippen molar-refractivity contribution in [3.05, 3.63) is 22.7 Å². The maximum absolute atomic E-state index is 11.2. The van der Waals surface area contributed by atoms with E-state index in [4.69, 9.17) is 22.1 Å². The van der Waals surface area contributed by atoms with Crippen molar-refractivity contribution in [1.29, 1.82) is 0 Å². The van der Waals surface area contributed by atoms with Gasteiger partial charge in [-0.1, -0.05) is 11.6 Å². The van der Waals surface area contributed by atoms with Gasteiger partial charge in [0.2, 0.25) is 0 Å². The summed E-state index contributed by atoms with van der Waals surface area (Å²) in [7, 11) is 0. The van der Waals surface area contributed by atoms with Crippen LogP contribution in [0.25, 0.3) is 0 Å². The van der Waals surface area contributed by atoms with Gasteiger partial charge in [0.1, 0.15) is 0 Å². The maximum atomic E-state index is 11.2. The second-order valence-corrected chi connectivity index (χ2v) is 5.37. The van der Waals surface area contributed by atoms with Crippen LogP contribution in [0.15, 0.2) is 12.1 Å². The fourth-order valence-electron chi connectivity index (χ4n) is 2.32. The number of rotatable bonds is 6. The summed E-state index contributed by atoms with van der Waals surface area (Å²) < 4.78 is 5.29. The van der Waals surface area contributed by atoms with E-state index in [9.17, 15) is 9.90 Å². The zero-order chi connectivity index (χ0) is 15.2. The van der Waals surface area contributed by atoms with Gasteiger partial charge in [0.15, 0.2) is 0 Å². The van der Waals surface area contributed by atoms with Gasteiger partial charge in [0.05, 0.1) is 29.5 Å². The average molecular weight is 314 g/mol. The van der Waals surface area contributed by atoms with Gasteiger partial charge in [0.25, 0.3) is 0 Å². The largest absolute Gasteiger partial charge is 0.478 e. The molecule has 1 fully saturated rings. The van der Waals surface area contributed by atoms with Crippen LogP contribution in [0.3, 0.4) is 0 Å². The molecule has 1 heterocycles. The highest BCUT2D eigenvalue weighted by Gasteiger charge is 2.15. The van der Waals surface area contributed by atoms with Gasteiger partial charge in [-0.3, -0.25) is 4.90 Å². The molecule has 1 saturated heterocycles. The fraction of sp³-hybridized carbons (Fsp3) is 0.500. The summed E-state index contributed by atoms with van der Waals surface area (Å²) in [6.45, 7) is 5.05. The fourth-order valence-corrected chi connectivity index (χ4v) is 2.61. The van der Waals surface area contributed by atoms with Crippen LogP contribution in [-0.4, -0.2) is 55.4 Å². The highest BCUT2D eigenvalue weighted by atomic mass is 35.5. The number of nitrogens with zero attached hydrogens (tertiary/aromatic N) is 1. The lowest BCUT2D eigenvalue weighted by Crippen LogP contribution is -2.37. The first-order valence-electron chi connectivity index (χ1n) is 6.94. The topological polar surface area (TPSA) is 87.8 Å². The lowest BCUT2D eigenvalue weighted by atomic mass is 10.1. The van der Waals surface area contributed by atoms with Crippen LogP contribution in [0.4, 0.5) is 11.4 Å². The van der Waals surface area contributed by atoms with Crippen molar-refractivity contribution < 1.29 is 14.6 Å². The summed E-state index contributed by atoms with van der Waals surface area (Å²) in [6.07, 6.45) is 0.903. The Bertz CT molecular complexity index is 504. The predicted molar refractivity (Wildman–Crippen MR) is 83.2 cm³/mol. The Morgan fingerprint density at radius 3 is 2.81 bits per heavy atom. The van der Waals surface area contributed by atoms with Crippen LogP contribution < -0.4 is 11.1 Å². The number of carboxylic acids is 1. The number of nitrogens with two attached hydrogens (primary N) is 1. The monoisotopic (exact) mass is 313 g/mol. The first kappa shape index (κ1) is 15.9. The first-order valence-corrected chi connectivity index (χ1v) is 7.32. The number of aromatic carboxylic acids is 1. The molecular weight excluding hydrogens is 294 g/mol. The van der Waals surface area contributed by atoms with Crippen molar-refractivity contribution in [2.75, 3.05) is 50.4 Å². The summed E-state index contributed by atoms with van der Waals surface area (Å²) in [5.74, 6) is -1.04. The molecule has 1 aromatic carbocycles. The lowest BCUT2D eigenvalue weighted by Gasteiger charge is -2.26. The van der Waals surface area contributed by atoms with Crippen molar-refractivity contribution in [3.8, 4) is 0 Å². The highest BCUT2D eigenvalue weighted by Crippen LogP contribution is 2.29. The minimum Gasteiger partial charge on any atom is -0.478 e. The van der Waals surface area contributed by atoms with Crippen LogP contribution in [0, 0.1) is 0 Å². The lowest BCUT2D eigenvalue weighted by molar-refractivity contribution is 0.0378. The van der Waals surface area contributed by atoms with E-state index in [1.54, 1.807) is 6.07 Å². The van der Waals surface area contributed by atoms with E-state index < -0.39 is 5.97 Å². The predicted octanol–water partition coefficient (Wildman–Crippen LogP) is 1.75. The van der Waals surface area contributed by atoms with Gasteiger partial charge in [0, 0.05) is 25.3 Å². The third-order valence-corrected chi connectivity index (χ3v) is 3.70. The molecule has 4 N–H and O–H groups in total. The molecule has 2 rings (SSSR count). The molecule has 0 aliphatic carbocycles. The molecule has 0 bridgehead atoms. The minimum absolute atomic E-state index is 0.103. The summed E-state index contributed by atoms with van der Waals surface area (Å²) in [4.78, 5) is 13.6. The molecule has 116 valence electrons. The highest BCUT2D eigenvalue weighted by molar-refractivity contribution is 6.34. The Kier molecular flexibility index (Phi) is 5.67. The van der Waals surface area contributed by atoms with Crippen LogP contribution in [0.2, 0.25) is 5.02 Å². The molecule has 0 saturated carbocycles. The Morgan fingerprint density at radius 2 is 2.14 bits per heavy atom. The Hall–Kier alpha value is -1.50. The standard InChI is InChI=1S/C14H20ClN3O3/c15-12-9-10(16)8-11(14(19)20)13(12)17-2-1-3-18-4-6-21-7-5-18/h8-9,17H,1-7,16H2,(H,19,20). The SMILES string of the molecule is Nc1cc(Cl)c(NCCCN2CCOCC2)c(C(=O)O)c1. The van der Waals surface area contributed by atoms with E-state index in [0.717, 1.165) is 39.3 Å². The molecule has 7 heteroatoms. The van der Waals surface area contributed by atoms with E-state index in [1.165, 1.54) is 6.07 Å². The zero-order valence-electron chi connectivity index (χ0n) is 11.8. The van der Waals surface area contributed by atoms with Crippen molar-refractivity contribution in [2.24, 2.45) is 0 Å². The zero-order valence-corrected chi connectivity index (χ0v) is 12.5. The van der Waals surface area contributed by atoms with Crippen LogP contribution in [0.5, 0.6) is 0 Å². The molecule has 0 amide bonds. The number of hydrogen-bond acceptors (Lipinski definition) is 5. The van der Waals surface area contributed by atoms with Crippen LogP contribution in [0.1, 0.15) is 16.8 Å². The van der Waals surface area contributed by atoms with Gasteiger partial charge >= 0.3 is 5.97 Å². The summed E-state index contributed by atoms with van der Waals surface area (Å²) >= 11 is 6.07. The van der Waals surface area contributed by atoms with Crippen molar-refractivity contribution in [1.82, 2.24) is 4.90 Å². The second kappa shape index (κ2) is 7.49. The molecule has 1 aliphatic rings. The van der Waals surface area contributed by atoms with E-state index in [2.05, 4.69) is 10.2 Å². The molecule has 0 atom stereocenters. The van der Waals surface area contributed by atoms with Crippen LogP contribution >= 0.6 is 11.6 Å². The molecule has 0 aromatic heterocycles. The number of carbonyl (C=O) groups is 1. The summed E-state index contributed by atoms with van der Waals surface area (Å²) in [6, 6.07) is 2.97. The molecule has 1 aliphatic heterocycles. The average Bonchev–Trinajstić information content (AvgIpc) is 2.45. The second-order valence-electron chi connectivity index (χ2n) is 4.96. The van der Waals surface area contributed by atoms with Crippen molar-refractivity contribution in [2.45, 2.75) is 6.42 Å². The number of carboxylic acid groups (broad SMARTS) is 1. The molecule has 0 unspecified atom stereocenters. The normalized spacial score (nSPS) is 15.9. The smallest absolute Gasteiger partial charge is 0.337 e. The van der Waals surface area contributed by atoms with Crippen LogP contribution in [-0.2, 0) is 4.74 Å². The minimum atomic E-state index is -1.04. The Labute approximate surface area is 128 Å². The number of ether oxygens (including phenoxy) is 1. The molecule has 6 nitrogen and oxygen atoms in total. The van der Waals surface area contributed by atoms with Crippen molar-refractivity contribution >= 4 is 28.9 Å². The maximum Gasteiger partial charge on any atom is 0.337 e. The van der Waals surface area contributed by atoms with Gasteiger partial charge in [-0.2, -0.15) is 0 Å². The number of anilines is 2. The van der Waals surface area contributed by atoms with E-state index in [-0.39, 0.29) is 5.56 Å². The number of morpholine rings is 1.